The second-order valence-electron chi connectivity index (χ2n) is 6.43. The first kappa shape index (κ1) is 16.9. The van der Waals surface area contributed by atoms with Crippen LogP contribution >= 0.6 is 15.9 Å². The van der Waals surface area contributed by atoms with Gasteiger partial charge >= 0.3 is 0 Å². The molecular formula is C19H16BrFN4O. The maximum atomic E-state index is 14.3. The summed E-state index contributed by atoms with van der Waals surface area (Å²) >= 11 is 3.39. The van der Waals surface area contributed by atoms with Crippen molar-refractivity contribution >= 4 is 21.8 Å². The molecule has 1 saturated carbocycles. The van der Waals surface area contributed by atoms with Crippen molar-refractivity contribution in [1.29, 1.82) is 0 Å². The van der Waals surface area contributed by atoms with Crippen molar-refractivity contribution in [2.24, 2.45) is 0 Å². The van der Waals surface area contributed by atoms with Crippen LogP contribution in [-0.4, -0.2) is 26.7 Å². The molecule has 0 bridgehead atoms. The molecule has 5 nitrogen and oxygen atoms in total. The number of hydrogen-bond acceptors (Lipinski definition) is 3. The molecule has 4 rings (SSSR count). The third kappa shape index (κ3) is 3.39. The molecule has 0 spiro atoms. The van der Waals surface area contributed by atoms with E-state index >= 15 is 0 Å². The first-order valence-electron chi connectivity index (χ1n) is 8.28. The molecule has 1 aromatic carbocycles. The summed E-state index contributed by atoms with van der Waals surface area (Å²) in [6.45, 7) is 1.82. The lowest BCUT2D eigenvalue weighted by Crippen LogP contribution is -2.26. The number of nitrogens with zero attached hydrogens (tertiary/aromatic N) is 3. The zero-order valence-electron chi connectivity index (χ0n) is 14.0. The smallest absolute Gasteiger partial charge is 0.254 e. The number of carbonyl (C=O) groups is 1. The molecule has 0 atom stereocenters. The third-order valence-corrected chi connectivity index (χ3v) is 4.75. The summed E-state index contributed by atoms with van der Waals surface area (Å²) in [6.07, 6.45) is 8.85. The van der Waals surface area contributed by atoms with E-state index in [9.17, 15) is 9.18 Å². The van der Waals surface area contributed by atoms with Crippen LogP contribution in [-0.2, 0) is 0 Å². The molecule has 2 aromatic heterocycles. The minimum absolute atomic E-state index is 0.0642. The number of pyridine rings is 1. The second kappa shape index (κ2) is 6.64. The Morgan fingerprint density at radius 2 is 2.08 bits per heavy atom. The van der Waals surface area contributed by atoms with Crippen LogP contribution in [0.15, 0.2) is 47.5 Å². The van der Waals surface area contributed by atoms with Crippen LogP contribution in [0.4, 0.5) is 4.39 Å². The van der Waals surface area contributed by atoms with Gasteiger partial charge in [0.2, 0.25) is 0 Å². The zero-order chi connectivity index (χ0) is 18.3. The summed E-state index contributed by atoms with van der Waals surface area (Å²) in [7, 11) is 0. The molecule has 1 fully saturated rings. The predicted octanol–water partition coefficient (Wildman–Crippen LogP) is 4.04. The van der Waals surface area contributed by atoms with Gasteiger partial charge in [0.05, 0.1) is 23.6 Å². The lowest BCUT2D eigenvalue weighted by Gasteiger charge is -2.09. The summed E-state index contributed by atoms with van der Waals surface area (Å²) in [5, 5.41) is 7.20. The number of hydrogen-bond donors (Lipinski definition) is 1. The van der Waals surface area contributed by atoms with Gasteiger partial charge in [0.1, 0.15) is 5.82 Å². The fourth-order valence-electron chi connectivity index (χ4n) is 2.78. The summed E-state index contributed by atoms with van der Waals surface area (Å²) in [5.41, 5.74) is 3.20. The Balaban J connectivity index is 1.70. The molecule has 0 radical (unpaired) electrons. The number of aryl methyl sites for hydroxylation is 1. The highest BCUT2D eigenvalue weighted by atomic mass is 79.9. The number of halogens is 2. The minimum Gasteiger partial charge on any atom is -0.349 e. The molecule has 26 heavy (non-hydrogen) atoms. The van der Waals surface area contributed by atoms with Crippen molar-refractivity contribution in [3.8, 4) is 16.8 Å². The van der Waals surface area contributed by atoms with Crippen LogP contribution in [0.25, 0.3) is 16.8 Å². The first-order chi connectivity index (χ1) is 12.5. The van der Waals surface area contributed by atoms with Gasteiger partial charge < -0.3 is 5.32 Å². The van der Waals surface area contributed by atoms with Crippen molar-refractivity contribution in [2.75, 3.05) is 0 Å². The quantitative estimate of drug-likeness (QED) is 0.700. The van der Waals surface area contributed by atoms with Crippen LogP contribution < -0.4 is 5.32 Å². The van der Waals surface area contributed by atoms with Crippen molar-refractivity contribution in [3.05, 3.63) is 64.4 Å². The molecule has 1 aliphatic carbocycles. The Morgan fingerprint density at radius 1 is 1.27 bits per heavy atom. The summed E-state index contributed by atoms with van der Waals surface area (Å²) in [5.74, 6) is -0.872. The Bertz CT molecular complexity index is 997. The molecule has 0 aliphatic heterocycles. The minimum atomic E-state index is -0.506. The SMILES string of the molecule is Cc1cc(F)c(C(=O)NC2CC2)cc1-c1cnn(-c2cncc(Br)c2)c1. The Hall–Kier alpha value is -2.54. The molecule has 1 N–H and O–H groups in total. The van der Waals surface area contributed by atoms with E-state index < -0.39 is 5.82 Å². The average Bonchev–Trinajstić information content (AvgIpc) is 3.28. The zero-order valence-corrected chi connectivity index (χ0v) is 15.6. The lowest BCUT2D eigenvalue weighted by molar-refractivity contribution is 0.0947. The van der Waals surface area contributed by atoms with Gasteiger partial charge in [-0.15, -0.1) is 0 Å². The van der Waals surface area contributed by atoms with E-state index in [0.29, 0.717) is 0 Å². The highest BCUT2D eigenvalue weighted by molar-refractivity contribution is 9.10. The largest absolute Gasteiger partial charge is 0.349 e. The highest BCUT2D eigenvalue weighted by Gasteiger charge is 2.25. The fraction of sp³-hybridized carbons (Fsp3) is 0.211. The number of benzene rings is 1. The molecular weight excluding hydrogens is 399 g/mol. The van der Waals surface area contributed by atoms with E-state index in [4.69, 9.17) is 0 Å². The molecule has 7 heteroatoms. The van der Waals surface area contributed by atoms with Gasteiger partial charge in [-0.1, -0.05) is 0 Å². The van der Waals surface area contributed by atoms with Crippen LogP contribution in [0.2, 0.25) is 0 Å². The predicted molar refractivity (Wildman–Crippen MR) is 99.7 cm³/mol. The number of amides is 1. The second-order valence-corrected chi connectivity index (χ2v) is 7.35. The highest BCUT2D eigenvalue weighted by Crippen LogP contribution is 2.28. The summed E-state index contributed by atoms with van der Waals surface area (Å²) in [6, 6.07) is 5.08. The normalized spacial score (nSPS) is 13.7. The van der Waals surface area contributed by atoms with Gasteiger partial charge in [-0.3, -0.25) is 9.78 Å². The van der Waals surface area contributed by atoms with Crippen LogP contribution in [0.5, 0.6) is 0 Å². The molecule has 0 unspecified atom stereocenters. The molecule has 2 heterocycles. The molecule has 1 aliphatic rings. The van der Waals surface area contributed by atoms with E-state index in [1.807, 2.05) is 19.2 Å². The number of nitrogens with one attached hydrogen (secondary N) is 1. The average molecular weight is 415 g/mol. The van der Waals surface area contributed by atoms with Crippen molar-refractivity contribution in [1.82, 2.24) is 20.1 Å². The van der Waals surface area contributed by atoms with Crippen LogP contribution in [0.3, 0.4) is 0 Å². The summed E-state index contributed by atoms with van der Waals surface area (Å²) in [4.78, 5) is 16.4. The first-order valence-corrected chi connectivity index (χ1v) is 9.07. The van der Waals surface area contributed by atoms with Crippen LogP contribution in [0.1, 0.15) is 28.8 Å². The van der Waals surface area contributed by atoms with Gasteiger partial charge in [0.25, 0.3) is 5.91 Å². The molecule has 1 amide bonds. The number of rotatable bonds is 4. The molecule has 3 aromatic rings. The summed E-state index contributed by atoms with van der Waals surface area (Å²) < 4.78 is 16.8. The van der Waals surface area contributed by atoms with Crippen molar-refractivity contribution in [2.45, 2.75) is 25.8 Å². The fourth-order valence-corrected chi connectivity index (χ4v) is 3.13. The van der Waals surface area contributed by atoms with Gasteiger partial charge in [0, 0.05) is 28.5 Å². The van der Waals surface area contributed by atoms with Crippen LogP contribution in [0, 0.1) is 12.7 Å². The molecule has 0 saturated heterocycles. The third-order valence-electron chi connectivity index (χ3n) is 4.32. The Kier molecular flexibility index (Phi) is 4.32. The van der Waals surface area contributed by atoms with Crippen molar-refractivity contribution < 1.29 is 9.18 Å². The van der Waals surface area contributed by atoms with E-state index in [0.717, 1.165) is 39.7 Å². The van der Waals surface area contributed by atoms with Gasteiger partial charge in [-0.25, -0.2) is 9.07 Å². The maximum Gasteiger partial charge on any atom is 0.254 e. The maximum absolute atomic E-state index is 14.3. The van der Waals surface area contributed by atoms with Crippen molar-refractivity contribution in [3.63, 3.8) is 0 Å². The lowest BCUT2D eigenvalue weighted by atomic mass is 9.99. The van der Waals surface area contributed by atoms with E-state index in [1.165, 1.54) is 6.07 Å². The van der Waals surface area contributed by atoms with Gasteiger partial charge in [0.15, 0.2) is 0 Å². The van der Waals surface area contributed by atoms with Gasteiger partial charge in [-0.05, 0) is 65.0 Å². The van der Waals surface area contributed by atoms with E-state index in [-0.39, 0.29) is 17.5 Å². The number of aromatic nitrogens is 3. The van der Waals surface area contributed by atoms with E-state index in [2.05, 4.69) is 31.3 Å². The number of carbonyl (C=O) groups excluding carboxylic acids is 1. The topological polar surface area (TPSA) is 59.8 Å². The van der Waals surface area contributed by atoms with Gasteiger partial charge in [-0.2, -0.15) is 5.10 Å². The monoisotopic (exact) mass is 414 g/mol. The Morgan fingerprint density at radius 3 is 2.81 bits per heavy atom. The Labute approximate surface area is 158 Å². The standard InChI is InChI=1S/C19H16BrFN4O/c1-11-4-18(21)17(19(26)24-14-2-3-14)6-16(11)12-7-23-25(10-12)15-5-13(20)8-22-9-15/h4-10,14H,2-3H2,1H3,(H,24,26). The molecule has 132 valence electrons. The van der Waals surface area contributed by atoms with E-state index in [1.54, 1.807) is 29.3 Å².